The quantitative estimate of drug-likeness (QED) is 0.482. The van der Waals surface area contributed by atoms with Gasteiger partial charge in [-0.1, -0.05) is 12.1 Å². The topological polar surface area (TPSA) is 145 Å². The average Bonchev–Trinajstić information content (AvgIpc) is 2.81. The first-order valence-corrected chi connectivity index (χ1v) is 10.3. The Morgan fingerprint density at radius 3 is 2.42 bits per heavy atom. The lowest BCUT2D eigenvalue weighted by molar-refractivity contribution is 0.645. The molecule has 0 aliphatic rings. The van der Waals surface area contributed by atoms with E-state index in [0.717, 1.165) is 22.4 Å². The van der Waals surface area contributed by atoms with E-state index in [2.05, 4.69) is 32.9 Å². The van der Waals surface area contributed by atoms with Gasteiger partial charge in [0.15, 0.2) is 0 Å². The van der Waals surface area contributed by atoms with E-state index in [4.69, 9.17) is 16.3 Å². The molecule has 0 saturated heterocycles. The van der Waals surface area contributed by atoms with Crippen LogP contribution in [-0.2, 0) is 13.0 Å². The molecule has 3 rings (SSSR count). The number of aryl methyl sites for hydroxylation is 3. The Morgan fingerprint density at radius 1 is 1.12 bits per heavy atom. The van der Waals surface area contributed by atoms with Gasteiger partial charge in [-0.25, -0.2) is 4.68 Å². The van der Waals surface area contributed by atoms with Crippen molar-refractivity contribution in [2.75, 3.05) is 10.6 Å². The number of aromatic nitrogens is 3. The van der Waals surface area contributed by atoms with Crippen molar-refractivity contribution in [1.82, 2.24) is 14.8 Å². The first-order valence-electron chi connectivity index (χ1n) is 10.3. The lowest BCUT2D eigenvalue weighted by atomic mass is 10.0. The molecule has 33 heavy (non-hydrogen) atoms. The van der Waals surface area contributed by atoms with Crippen LogP contribution in [0.3, 0.4) is 0 Å². The summed E-state index contributed by atoms with van der Waals surface area (Å²) in [5, 5.41) is 28.4. The first kappa shape index (κ1) is 23.0. The number of nitrogens with zero attached hydrogens (tertiary/aromatic N) is 5. The number of nitrogens with one attached hydrogen (secondary N) is 2. The molecule has 9 nitrogen and oxygen atoms in total. The predicted octanol–water partition coefficient (Wildman–Crippen LogP) is 3.54. The standard InChI is InChI=1S/C24H24N8O/c1-16-13-19(5-3-10-25)14-17(2)21(16)29-24-30-22(23(33)32(31-24)12-4-11-26)28-20-8-6-18(15-27)7-9-20/h4,6-9,11,13-14H,3,5,12,26H2,1-2H3,(H2,28,29,30,31). The Morgan fingerprint density at radius 2 is 1.82 bits per heavy atom. The Bertz CT molecular complexity index is 1290. The monoisotopic (exact) mass is 440 g/mol. The van der Waals surface area contributed by atoms with Crippen LogP contribution in [-0.4, -0.2) is 14.8 Å². The lowest BCUT2D eigenvalue weighted by Gasteiger charge is -2.15. The normalized spacial score (nSPS) is 10.5. The van der Waals surface area contributed by atoms with E-state index in [1.165, 1.54) is 10.9 Å². The highest BCUT2D eigenvalue weighted by atomic mass is 16.1. The highest BCUT2D eigenvalue weighted by Crippen LogP contribution is 2.25. The molecule has 0 bridgehead atoms. The molecule has 2 aromatic carbocycles. The van der Waals surface area contributed by atoms with Crippen LogP contribution in [0.15, 0.2) is 53.5 Å². The van der Waals surface area contributed by atoms with Gasteiger partial charge in [0, 0.05) is 17.8 Å². The van der Waals surface area contributed by atoms with Gasteiger partial charge < -0.3 is 16.4 Å². The Hall–Kier alpha value is -4.63. The van der Waals surface area contributed by atoms with E-state index in [1.807, 2.05) is 26.0 Å². The third-order valence-electron chi connectivity index (χ3n) is 4.92. The van der Waals surface area contributed by atoms with Gasteiger partial charge in [-0.05, 0) is 73.5 Å². The number of nitrogens with two attached hydrogens (primary N) is 1. The molecule has 0 aliphatic heterocycles. The van der Waals surface area contributed by atoms with Crippen LogP contribution >= 0.6 is 0 Å². The van der Waals surface area contributed by atoms with Crippen LogP contribution in [0.1, 0.15) is 28.7 Å². The molecule has 0 radical (unpaired) electrons. The second kappa shape index (κ2) is 10.6. The largest absolute Gasteiger partial charge is 0.405 e. The Balaban J connectivity index is 1.97. The molecule has 3 aromatic rings. The molecule has 0 saturated carbocycles. The molecule has 0 fully saturated rings. The van der Waals surface area contributed by atoms with Crippen molar-refractivity contribution in [1.29, 1.82) is 10.5 Å². The third kappa shape index (κ3) is 5.75. The number of hydrogen-bond acceptors (Lipinski definition) is 8. The zero-order valence-corrected chi connectivity index (χ0v) is 18.5. The fourth-order valence-corrected chi connectivity index (χ4v) is 3.35. The minimum Gasteiger partial charge on any atom is -0.405 e. The second-order valence-corrected chi connectivity index (χ2v) is 7.40. The molecule has 1 aromatic heterocycles. The van der Waals surface area contributed by atoms with Crippen molar-refractivity contribution in [2.24, 2.45) is 5.73 Å². The van der Waals surface area contributed by atoms with Gasteiger partial charge >= 0.3 is 5.56 Å². The van der Waals surface area contributed by atoms with Crippen LogP contribution in [0.5, 0.6) is 0 Å². The molecule has 0 amide bonds. The van der Waals surface area contributed by atoms with Crippen molar-refractivity contribution < 1.29 is 0 Å². The summed E-state index contributed by atoms with van der Waals surface area (Å²) in [7, 11) is 0. The van der Waals surface area contributed by atoms with Crippen LogP contribution in [0.4, 0.5) is 23.1 Å². The maximum absolute atomic E-state index is 12.9. The summed E-state index contributed by atoms with van der Waals surface area (Å²) in [5.41, 5.74) is 10.0. The van der Waals surface area contributed by atoms with Crippen molar-refractivity contribution >= 4 is 23.1 Å². The van der Waals surface area contributed by atoms with Gasteiger partial charge in [-0.3, -0.25) is 4.79 Å². The summed E-state index contributed by atoms with van der Waals surface area (Å²) >= 11 is 0. The van der Waals surface area contributed by atoms with Crippen LogP contribution in [0.2, 0.25) is 0 Å². The van der Waals surface area contributed by atoms with Crippen molar-refractivity contribution in [3.63, 3.8) is 0 Å². The SMILES string of the molecule is Cc1cc(CCC#N)cc(C)c1Nc1nc(Nc2ccc(C#N)cc2)c(=O)n(CC=CN)n1. The Labute approximate surface area is 191 Å². The molecule has 0 unspecified atom stereocenters. The van der Waals surface area contributed by atoms with Crippen molar-refractivity contribution in [3.05, 3.63) is 81.3 Å². The van der Waals surface area contributed by atoms with E-state index in [9.17, 15) is 4.79 Å². The van der Waals surface area contributed by atoms with Gasteiger partial charge in [0.25, 0.3) is 0 Å². The fourth-order valence-electron chi connectivity index (χ4n) is 3.35. The zero-order chi connectivity index (χ0) is 23.8. The van der Waals surface area contributed by atoms with E-state index < -0.39 is 5.56 Å². The molecule has 4 N–H and O–H groups in total. The smallest absolute Gasteiger partial charge is 0.310 e. The van der Waals surface area contributed by atoms with Gasteiger partial charge in [-0.2, -0.15) is 15.5 Å². The van der Waals surface area contributed by atoms with Crippen LogP contribution in [0.25, 0.3) is 0 Å². The van der Waals surface area contributed by atoms with Crippen LogP contribution in [0, 0.1) is 36.5 Å². The maximum atomic E-state index is 12.9. The molecule has 9 heteroatoms. The number of nitriles is 2. The van der Waals surface area contributed by atoms with Gasteiger partial charge in [0.2, 0.25) is 11.8 Å². The van der Waals surface area contributed by atoms with Gasteiger partial charge in [-0.15, -0.1) is 5.10 Å². The fraction of sp³-hybridized carbons (Fsp3) is 0.208. The number of hydrogen-bond donors (Lipinski definition) is 3. The van der Waals surface area contributed by atoms with Gasteiger partial charge in [0.1, 0.15) is 0 Å². The number of anilines is 4. The molecule has 1 heterocycles. The minimum atomic E-state index is -0.414. The van der Waals surface area contributed by atoms with E-state index in [0.29, 0.717) is 24.1 Å². The lowest BCUT2D eigenvalue weighted by Crippen LogP contribution is -2.27. The molecule has 166 valence electrons. The zero-order valence-electron chi connectivity index (χ0n) is 18.5. The third-order valence-corrected chi connectivity index (χ3v) is 4.92. The Kier molecular flexibility index (Phi) is 7.40. The van der Waals surface area contributed by atoms with E-state index in [1.54, 1.807) is 30.3 Å². The molecular formula is C24H24N8O. The van der Waals surface area contributed by atoms with E-state index in [-0.39, 0.29) is 18.3 Å². The second-order valence-electron chi connectivity index (χ2n) is 7.40. The summed E-state index contributed by atoms with van der Waals surface area (Å²) in [6, 6.07) is 15.0. The maximum Gasteiger partial charge on any atom is 0.310 e. The molecular weight excluding hydrogens is 416 g/mol. The average molecular weight is 441 g/mol. The van der Waals surface area contributed by atoms with Gasteiger partial charge in [0.05, 0.1) is 24.2 Å². The number of allylic oxidation sites excluding steroid dienone is 1. The summed E-state index contributed by atoms with van der Waals surface area (Å²) in [4.78, 5) is 17.3. The summed E-state index contributed by atoms with van der Waals surface area (Å²) in [6.07, 6.45) is 4.11. The molecule has 0 spiro atoms. The number of rotatable bonds is 8. The highest BCUT2D eigenvalue weighted by Gasteiger charge is 2.13. The van der Waals surface area contributed by atoms with Crippen molar-refractivity contribution in [2.45, 2.75) is 33.2 Å². The number of benzene rings is 2. The first-order chi connectivity index (χ1) is 15.9. The summed E-state index contributed by atoms with van der Waals surface area (Å²) in [5.74, 6) is 0.329. The minimum absolute atomic E-state index is 0.0866. The summed E-state index contributed by atoms with van der Waals surface area (Å²) < 4.78 is 1.26. The predicted molar refractivity (Wildman–Crippen MR) is 127 cm³/mol. The van der Waals surface area contributed by atoms with E-state index >= 15 is 0 Å². The molecule has 0 aliphatic carbocycles. The molecule has 0 atom stereocenters. The summed E-state index contributed by atoms with van der Waals surface area (Å²) in [6.45, 7) is 4.11. The highest BCUT2D eigenvalue weighted by molar-refractivity contribution is 5.65. The van der Waals surface area contributed by atoms with Crippen LogP contribution < -0.4 is 21.9 Å². The van der Waals surface area contributed by atoms with Crippen molar-refractivity contribution in [3.8, 4) is 12.1 Å².